The van der Waals surface area contributed by atoms with E-state index in [1.807, 2.05) is 37.5 Å². The van der Waals surface area contributed by atoms with Crippen LogP contribution in [-0.2, 0) is 18.3 Å². The summed E-state index contributed by atoms with van der Waals surface area (Å²) in [6.07, 6.45) is 2.41. The Labute approximate surface area is 149 Å². The fourth-order valence-corrected chi connectivity index (χ4v) is 3.29. The topological polar surface area (TPSA) is 37.3 Å². The highest BCUT2D eigenvalue weighted by atomic mass is 16.1. The van der Waals surface area contributed by atoms with Crippen LogP contribution in [0, 0.1) is 0 Å². The molecule has 0 atom stereocenters. The molecule has 130 valence electrons. The Morgan fingerprint density at radius 2 is 1.72 bits per heavy atom. The Morgan fingerprint density at radius 1 is 1.04 bits per heavy atom. The van der Waals surface area contributed by atoms with Gasteiger partial charge in [-0.3, -0.25) is 4.79 Å². The van der Waals surface area contributed by atoms with Crippen LogP contribution in [0.2, 0.25) is 0 Å². The number of fused-ring (bicyclic) bond motifs is 1. The predicted molar refractivity (Wildman–Crippen MR) is 105 cm³/mol. The maximum absolute atomic E-state index is 12.4. The molecule has 0 aliphatic carbocycles. The summed E-state index contributed by atoms with van der Waals surface area (Å²) in [6, 6.07) is 16.2. The second kappa shape index (κ2) is 7.43. The molecule has 3 aromatic rings. The van der Waals surface area contributed by atoms with Crippen LogP contribution in [-0.4, -0.2) is 23.6 Å². The molecule has 0 unspecified atom stereocenters. The van der Waals surface area contributed by atoms with Crippen molar-refractivity contribution in [3.8, 4) is 0 Å². The highest BCUT2D eigenvalue weighted by Crippen LogP contribution is 2.22. The van der Waals surface area contributed by atoms with Crippen molar-refractivity contribution in [2.45, 2.75) is 20.3 Å². The summed E-state index contributed by atoms with van der Waals surface area (Å²) in [5, 5.41) is 4.14. The van der Waals surface area contributed by atoms with Gasteiger partial charge in [0, 0.05) is 48.6 Å². The van der Waals surface area contributed by atoms with Crippen molar-refractivity contribution in [3.63, 3.8) is 0 Å². The smallest absolute Gasteiger partial charge is 0.228 e. The molecule has 0 fully saturated rings. The number of hydrogen-bond acceptors (Lipinski definition) is 2. The van der Waals surface area contributed by atoms with E-state index in [2.05, 4.69) is 52.9 Å². The summed E-state index contributed by atoms with van der Waals surface area (Å²) in [6.45, 7) is 6.24. The average Bonchev–Trinajstić information content (AvgIpc) is 2.93. The number of carbonyl (C=O) groups is 1. The molecule has 1 heterocycles. The number of nitrogens with one attached hydrogen (secondary N) is 1. The first kappa shape index (κ1) is 17.1. The van der Waals surface area contributed by atoms with Crippen LogP contribution in [0.4, 0.5) is 11.4 Å². The molecule has 1 amide bonds. The van der Waals surface area contributed by atoms with Gasteiger partial charge in [-0.05, 0) is 49.7 Å². The zero-order valence-corrected chi connectivity index (χ0v) is 15.1. The predicted octanol–water partition coefficient (Wildman–Crippen LogP) is 4.21. The van der Waals surface area contributed by atoms with Gasteiger partial charge in [-0.25, -0.2) is 0 Å². The number of anilines is 2. The van der Waals surface area contributed by atoms with Gasteiger partial charge in [0.1, 0.15) is 0 Å². The molecule has 0 radical (unpaired) electrons. The normalized spacial score (nSPS) is 10.8. The third-order valence-electron chi connectivity index (χ3n) is 4.61. The van der Waals surface area contributed by atoms with Crippen molar-refractivity contribution >= 4 is 28.2 Å². The van der Waals surface area contributed by atoms with Gasteiger partial charge >= 0.3 is 0 Å². The molecular weight excluding hydrogens is 310 g/mol. The van der Waals surface area contributed by atoms with Crippen molar-refractivity contribution in [2.24, 2.45) is 7.05 Å². The Morgan fingerprint density at radius 3 is 2.40 bits per heavy atom. The maximum atomic E-state index is 12.4. The van der Waals surface area contributed by atoms with Crippen LogP contribution in [0.3, 0.4) is 0 Å². The van der Waals surface area contributed by atoms with E-state index in [4.69, 9.17) is 0 Å². The average molecular weight is 335 g/mol. The lowest BCUT2D eigenvalue weighted by Gasteiger charge is -2.21. The molecule has 0 spiro atoms. The highest BCUT2D eigenvalue weighted by Gasteiger charge is 2.11. The van der Waals surface area contributed by atoms with Gasteiger partial charge in [-0.2, -0.15) is 0 Å². The lowest BCUT2D eigenvalue weighted by Crippen LogP contribution is -2.21. The quantitative estimate of drug-likeness (QED) is 0.733. The van der Waals surface area contributed by atoms with Gasteiger partial charge in [0.15, 0.2) is 0 Å². The number of aromatic nitrogens is 1. The van der Waals surface area contributed by atoms with Gasteiger partial charge in [0.05, 0.1) is 6.42 Å². The van der Waals surface area contributed by atoms with Gasteiger partial charge in [0.2, 0.25) is 5.91 Å². The molecular formula is C21H25N3O. The van der Waals surface area contributed by atoms with E-state index in [0.29, 0.717) is 6.42 Å². The number of hydrogen-bond donors (Lipinski definition) is 1. The van der Waals surface area contributed by atoms with Gasteiger partial charge in [-0.15, -0.1) is 0 Å². The van der Waals surface area contributed by atoms with Crippen LogP contribution >= 0.6 is 0 Å². The SMILES string of the molecule is CCN(CC)c1ccc(NC(=O)Cc2cn(C)c3ccccc23)cc1. The number of nitrogens with zero attached hydrogens (tertiary/aromatic N) is 2. The molecule has 0 bridgehead atoms. The summed E-state index contributed by atoms with van der Waals surface area (Å²) in [5.41, 5.74) is 4.21. The minimum absolute atomic E-state index is 0.00643. The Hall–Kier alpha value is -2.75. The molecule has 0 aliphatic rings. The molecule has 0 saturated carbocycles. The van der Waals surface area contributed by atoms with Crippen molar-refractivity contribution < 1.29 is 4.79 Å². The number of carbonyl (C=O) groups excluding carboxylic acids is 1. The number of para-hydroxylation sites is 1. The molecule has 25 heavy (non-hydrogen) atoms. The Kier molecular flexibility index (Phi) is 5.08. The largest absolute Gasteiger partial charge is 0.372 e. The standard InChI is InChI=1S/C21H25N3O/c1-4-24(5-2)18-12-10-17(11-13-18)22-21(25)14-16-15-23(3)20-9-7-6-8-19(16)20/h6-13,15H,4-5,14H2,1-3H3,(H,22,25). The van der Waals surface area contributed by atoms with Gasteiger partial charge < -0.3 is 14.8 Å². The van der Waals surface area contributed by atoms with E-state index in [-0.39, 0.29) is 5.91 Å². The minimum atomic E-state index is 0.00643. The molecule has 2 aromatic carbocycles. The van der Waals surface area contributed by atoms with E-state index in [1.165, 1.54) is 5.69 Å². The molecule has 1 N–H and O–H groups in total. The summed E-state index contributed by atoms with van der Waals surface area (Å²) in [5.74, 6) is 0.00643. The molecule has 4 heteroatoms. The molecule has 1 aromatic heterocycles. The van der Waals surface area contributed by atoms with E-state index in [9.17, 15) is 4.79 Å². The molecule has 3 rings (SSSR count). The summed E-state index contributed by atoms with van der Waals surface area (Å²) < 4.78 is 2.07. The number of rotatable bonds is 6. The van der Waals surface area contributed by atoms with E-state index < -0.39 is 0 Å². The van der Waals surface area contributed by atoms with E-state index >= 15 is 0 Å². The van der Waals surface area contributed by atoms with Crippen LogP contribution in [0.25, 0.3) is 10.9 Å². The lowest BCUT2D eigenvalue weighted by molar-refractivity contribution is -0.115. The summed E-state index contributed by atoms with van der Waals surface area (Å²) >= 11 is 0. The Balaban J connectivity index is 1.70. The summed E-state index contributed by atoms with van der Waals surface area (Å²) in [7, 11) is 2.01. The fraction of sp³-hybridized carbons (Fsp3) is 0.286. The van der Waals surface area contributed by atoms with Crippen molar-refractivity contribution in [1.29, 1.82) is 0 Å². The highest BCUT2D eigenvalue weighted by molar-refractivity contribution is 5.96. The first-order valence-corrected chi connectivity index (χ1v) is 8.80. The lowest BCUT2D eigenvalue weighted by atomic mass is 10.1. The second-order valence-electron chi connectivity index (χ2n) is 6.23. The molecule has 0 aliphatic heterocycles. The minimum Gasteiger partial charge on any atom is -0.372 e. The van der Waals surface area contributed by atoms with Crippen LogP contribution < -0.4 is 10.2 Å². The third-order valence-corrected chi connectivity index (χ3v) is 4.61. The van der Waals surface area contributed by atoms with E-state index in [0.717, 1.165) is 35.2 Å². The first-order valence-electron chi connectivity index (χ1n) is 8.80. The maximum Gasteiger partial charge on any atom is 0.228 e. The number of amides is 1. The Bertz CT molecular complexity index is 860. The van der Waals surface area contributed by atoms with Crippen molar-refractivity contribution in [1.82, 2.24) is 4.57 Å². The summed E-state index contributed by atoms with van der Waals surface area (Å²) in [4.78, 5) is 14.7. The zero-order valence-electron chi connectivity index (χ0n) is 15.1. The zero-order chi connectivity index (χ0) is 17.8. The molecule has 0 saturated heterocycles. The van der Waals surface area contributed by atoms with Crippen LogP contribution in [0.5, 0.6) is 0 Å². The van der Waals surface area contributed by atoms with Crippen molar-refractivity contribution in [2.75, 3.05) is 23.3 Å². The van der Waals surface area contributed by atoms with Gasteiger partial charge in [-0.1, -0.05) is 18.2 Å². The van der Waals surface area contributed by atoms with Gasteiger partial charge in [0.25, 0.3) is 0 Å². The molecule has 4 nitrogen and oxygen atoms in total. The van der Waals surface area contributed by atoms with E-state index in [1.54, 1.807) is 0 Å². The third kappa shape index (κ3) is 3.68. The number of aryl methyl sites for hydroxylation is 1. The fourth-order valence-electron chi connectivity index (χ4n) is 3.29. The first-order chi connectivity index (χ1) is 12.1. The number of benzene rings is 2. The second-order valence-corrected chi connectivity index (χ2v) is 6.23. The van der Waals surface area contributed by atoms with Crippen molar-refractivity contribution in [3.05, 3.63) is 60.3 Å². The van der Waals surface area contributed by atoms with Crippen LogP contribution in [0.1, 0.15) is 19.4 Å². The van der Waals surface area contributed by atoms with Crippen LogP contribution in [0.15, 0.2) is 54.7 Å². The monoisotopic (exact) mass is 335 g/mol.